The van der Waals surface area contributed by atoms with E-state index in [9.17, 15) is 62.6 Å². The van der Waals surface area contributed by atoms with Crippen molar-refractivity contribution in [1.82, 2.24) is 40.9 Å². The van der Waals surface area contributed by atoms with E-state index in [4.69, 9.17) is 23.4 Å². The van der Waals surface area contributed by atoms with Crippen LogP contribution in [-0.2, 0) is 131 Å². The summed E-state index contributed by atoms with van der Waals surface area (Å²) in [4.78, 5) is 166. The smallest absolute Gasteiger partial charge is 0.334 e. The van der Waals surface area contributed by atoms with E-state index in [1.807, 2.05) is 162 Å². The molecule has 0 aliphatic carbocycles. The van der Waals surface area contributed by atoms with Gasteiger partial charge in [-0.2, -0.15) is 0 Å². The minimum absolute atomic E-state index is 0. The topological polar surface area (TPSA) is 332 Å². The standard InChI is InChI=1S/C50H84N4O9SSi.C44H70N4O9S.2V/c1-19-33(5)44(38(10)55)52-43(56)30-53(14)48(59)40(29-39-24-22-21-23-25-39)54(15)47(58)37(9)51-46(57)42(28-32(3)4)62-49(60)35(7)26-27-41(61-31-64-16)36(8)45(34(6)20-2)63-65(17,18)50(11,12)13;1-14-28(5)39(33(10)49)46-38(50)25-47(11)43(54)35(24-34-19-17-16-18-20-34)48(12)42(53)32(9)45-41(52)37(23-27(3)4)57-44(55)30(7)21-22-36(56-26-58-13)31(8)40(51)29(6)15-2;;/h20-26,32-33,36-37,40-42,44-45H,19,27-31H2,1-18H3,(H,51,57)(H,52,56);15-21,27-28,31-32,35-37,39-40,51H,14,22-26H2,1-13H3,(H,45,52)(H,46,50);;/b34-20+,35-26+;29-15+,30-21+;;/t33?,36-,37+,40-,41+,42-,44+,45-;28?,31-,32+,35-,36+,37-,39+,40-;;/m11../s1. The minimum atomic E-state index is -2.16. The molecule has 0 saturated heterocycles. The van der Waals surface area contributed by atoms with Crippen molar-refractivity contribution in [1.29, 1.82) is 0 Å². The Hall–Kier alpha value is -6.63. The Morgan fingerprint density at radius 1 is 0.504 bits per heavy atom. The Bertz CT molecular complexity index is 3850. The second-order valence-electron chi connectivity index (χ2n) is 35.3. The maximum atomic E-state index is 14.1. The molecule has 0 fully saturated rings. The van der Waals surface area contributed by atoms with Gasteiger partial charge in [0.15, 0.2) is 32.1 Å². The van der Waals surface area contributed by atoms with Gasteiger partial charge in [-0.3, -0.25) is 47.9 Å². The van der Waals surface area contributed by atoms with Gasteiger partial charge in [0, 0.05) is 101 Å². The molecule has 2 rings (SSSR count). The fraction of sp³-hybridized carbons (Fsp3) is 0.660. The average Bonchev–Trinajstić information content (AvgIpc) is 0.804. The zero-order valence-corrected chi connectivity index (χ0v) is 86.3. The summed E-state index contributed by atoms with van der Waals surface area (Å²) in [6.45, 7) is 46.5. The van der Waals surface area contributed by atoms with E-state index in [1.165, 1.54) is 87.2 Å². The number of thioether (sulfide) groups is 2. The summed E-state index contributed by atoms with van der Waals surface area (Å²) >= 11 is 3.08. The van der Waals surface area contributed by atoms with Crippen molar-refractivity contribution >= 4 is 103 Å². The van der Waals surface area contributed by atoms with Crippen molar-refractivity contribution in [3.63, 3.8) is 0 Å². The molecule has 31 heteroatoms. The van der Waals surface area contributed by atoms with E-state index in [-0.39, 0.29) is 152 Å². The van der Waals surface area contributed by atoms with Crippen molar-refractivity contribution in [2.24, 2.45) is 35.5 Å². The third-order valence-corrected chi connectivity index (χ3v) is 28.3. The molecule has 5 N–H and O–H groups in total. The van der Waals surface area contributed by atoms with Crippen LogP contribution in [0.15, 0.2) is 107 Å². The van der Waals surface area contributed by atoms with Gasteiger partial charge in [0.05, 0.1) is 61.5 Å². The number of carbonyl (C=O) groups is 12. The number of ether oxygens (including phenoxy) is 4. The number of Topliss-reactive ketones (excluding diaryl/α,β-unsaturated/α-hetero) is 2. The van der Waals surface area contributed by atoms with Crippen LogP contribution in [0.3, 0.4) is 0 Å². The molecule has 2 unspecified atom stereocenters. The summed E-state index contributed by atoms with van der Waals surface area (Å²) < 4.78 is 30.9. The summed E-state index contributed by atoms with van der Waals surface area (Å²) in [7, 11) is 3.73. The first-order chi connectivity index (χ1) is 57.3. The molecule has 0 spiro atoms. The molecule has 704 valence electrons. The molecule has 0 heterocycles. The number of aliphatic hydroxyl groups excluding tert-OH is 1. The molecule has 16 atom stereocenters. The van der Waals surface area contributed by atoms with Gasteiger partial charge in [-0.1, -0.05) is 188 Å². The van der Waals surface area contributed by atoms with Gasteiger partial charge in [0.1, 0.15) is 24.2 Å². The Morgan fingerprint density at radius 3 is 1.14 bits per heavy atom. The van der Waals surface area contributed by atoms with Crippen LogP contribution in [0.2, 0.25) is 18.1 Å². The van der Waals surface area contributed by atoms with Crippen molar-refractivity contribution in [2.45, 2.75) is 302 Å². The van der Waals surface area contributed by atoms with E-state index in [1.54, 1.807) is 37.8 Å². The van der Waals surface area contributed by atoms with Gasteiger partial charge in [0.2, 0.25) is 35.4 Å². The first-order valence-electron chi connectivity index (χ1n) is 43.2. The van der Waals surface area contributed by atoms with Crippen molar-refractivity contribution in [3.05, 3.63) is 118 Å². The number of allylic oxidation sites excluding steroid dienone is 2. The van der Waals surface area contributed by atoms with Crippen LogP contribution in [0.25, 0.3) is 0 Å². The van der Waals surface area contributed by atoms with E-state index in [0.29, 0.717) is 43.1 Å². The fourth-order valence-corrected chi connectivity index (χ4v) is 15.3. The molecule has 2 aromatic carbocycles. The molecule has 0 aliphatic heterocycles. The van der Waals surface area contributed by atoms with E-state index in [2.05, 4.69) is 75.1 Å². The quantitative estimate of drug-likeness (QED) is 0.0135. The monoisotopic (exact) mass is 1880 g/mol. The molecule has 125 heavy (non-hydrogen) atoms. The Labute approximate surface area is 782 Å². The van der Waals surface area contributed by atoms with Gasteiger partial charge >= 0.3 is 11.9 Å². The number of esters is 2. The van der Waals surface area contributed by atoms with Crippen molar-refractivity contribution < 1.29 is 123 Å². The van der Waals surface area contributed by atoms with Crippen LogP contribution < -0.4 is 21.3 Å². The molecule has 0 aromatic heterocycles. The zero-order chi connectivity index (χ0) is 94.3. The molecular weight excluding hydrogens is 1720 g/mol. The van der Waals surface area contributed by atoms with Gasteiger partial charge in [0.25, 0.3) is 11.8 Å². The Morgan fingerprint density at radius 2 is 0.840 bits per heavy atom. The van der Waals surface area contributed by atoms with Gasteiger partial charge < -0.3 is 69.3 Å². The molecular formula is C94H154N8O18S2SiV2. The van der Waals surface area contributed by atoms with E-state index in [0.717, 1.165) is 22.3 Å². The summed E-state index contributed by atoms with van der Waals surface area (Å²) in [5.41, 5.74) is 4.08. The molecule has 0 bridgehead atoms. The number of nitrogens with zero attached hydrogens (tertiary/aromatic N) is 4. The first-order valence-corrected chi connectivity index (χ1v) is 48.9. The van der Waals surface area contributed by atoms with Gasteiger partial charge in [-0.05, 0) is 172 Å². The molecule has 8 amide bonds. The number of hydrogen-bond acceptors (Lipinski definition) is 20. The molecule has 0 aliphatic rings. The minimum Gasteiger partial charge on any atom is -0.449 e. The molecule has 26 nitrogen and oxygen atoms in total. The number of ketones is 2. The van der Waals surface area contributed by atoms with E-state index < -0.39 is 122 Å². The third-order valence-electron chi connectivity index (χ3n) is 23.1. The van der Waals surface area contributed by atoms with Gasteiger partial charge in [-0.15, -0.1) is 23.5 Å². The number of carbonyl (C=O) groups excluding carboxylic acids is 12. The molecule has 0 saturated carbocycles. The second-order valence-corrected chi connectivity index (χ2v) is 41.7. The zero-order valence-electron chi connectivity index (χ0n) is 80.8. The van der Waals surface area contributed by atoms with Crippen LogP contribution in [0.1, 0.15) is 209 Å². The number of hydrogen-bond donors (Lipinski definition) is 5. The predicted molar refractivity (Wildman–Crippen MR) is 495 cm³/mol. The Kier molecular flexibility index (Phi) is 58.1. The summed E-state index contributed by atoms with van der Waals surface area (Å²) in [5.74, 6) is -5.85. The maximum Gasteiger partial charge on any atom is 0.334 e. The third kappa shape index (κ3) is 41.8. The molecule has 2 radical (unpaired) electrons. The predicted octanol–water partition coefficient (Wildman–Crippen LogP) is 13.2. The molecule has 2 aromatic rings. The summed E-state index contributed by atoms with van der Waals surface area (Å²) in [6.07, 6.45) is 10.1. The van der Waals surface area contributed by atoms with Crippen LogP contribution in [0.4, 0.5) is 0 Å². The van der Waals surface area contributed by atoms with Crippen LogP contribution in [0, 0.1) is 35.5 Å². The SMILES string of the molecule is C/C=C(\C)[C@@H](O)[C@H](C)[C@H](C/C=C(\C)C(=O)O[C@H](CC(C)C)C(=O)N[C@@H](C)C(=O)N(C)[C@H](Cc1ccccc1)C(=O)N(C)CC(=O)N[C@H](C(C)=O)C(C)CC)OCSC.C/C=C(\C)[C@@H](O[Si](C)(C)C(C)(C)C)[C@H](C)[C@H](C/C=C(\C)C(=O)O[C@H](CC(C)C)C(=O)N[C@@H](C)C(=O)N(C)[C@H](Cc1ccccc1)C(=O)N(C)CC(=O)N[C@H](C(C)=O)C(C)CC)OCSC.[V].[V]. The summed E-state index contributed by atoms with van der Waals surface area (Å²) in [5, 5.41) is 21.7. The van der Waals surface area contributed by atoms with Crippen LogP contribution in [0.5, 0.6) is 0 Å². The number of likely N-dealkylation sites (N-methyl/N-ethyl adjacent to an activating group) is 4. The number of benzene rings is 2. The summed E-state index contributed by atoms with van der Waals surface area (Å²) in [6, 6.07) is 12.6. The largest absolute Gasteiger partial charge is 0.449 e. The van der Waals surface area contributed by atoms with Gasteiger partial charge in [-0.25, -0.2) is 9.59 Å². The average molecular weight is 1880 g/mol. The normalized spacial score (nSPS) is 16.0. The number of aliphatic hydroxyl groups is 1. The number of amides is 8. The van der Waals surface area contributed by atoms with E-state index >= 15 is 0 Å². The van der Waals surface area contributed by atoms with Crippen molar-refractivity contribution in [2.75, 3.05) is 65.7 Å². The number of nitrogens with one attached hydrogen (secondary N) is 4. The number of rotatable bonds is 52. The Balaban J connectivity index is 0. The fourth-order valence-electron chi connectivity index (χ4n) is 13.3. The van der Waals surface area contributed by atoms with Crippen LogP contribution >= 0.6 is 23.5 Å². The maximum absolute atomic E-state index is 14.1. The first kappa shape index (κ1) is 120. The van der Waals surface area contributed by atoms with Crippen LogP contribution in [-0.4, -0.2) is 242 Å². The second kappa shape index (κ2) is 60.3. The van der Waals surface area contributed by atoms with Crippen molar-refractivity contribution in [3.8, 4) is 0 Å².